The van der Waals surface area contributed by atoms with Crippen molar-refractivity contribution >= 4 is 17.3 Å². The predicted octanol–water partition coefficient (Wildman–Crippen LogP) is 16.0. The maximum Gasteiger partial charge on any atom is 0.210 e. The normalized spacial score (nSPS) is 13.4. The van der Waals surface area contributed by atoms with Gasteiger partial charge >= 0.3 is 0 Å². The van der Waals surface area contributed by atoms with Gasteiger partial charge in [0, 0.05) is 19.3 Å². The Bertz CT molecular complexity index is 1110. The molecule has 0 aromatic rings. The molecule has 0 rings (SSSR count). The van der Waals surface area contributed by atoms with Crippen molar-refractivity contribution in [2.75, 3.05) is 0 Å². The molecule has 0 aliphatic heterocycles. The highest BCUT2D eigenvalue weighted by atomic mass is 16.4. The van der Waals surface area contributed by atoms with Crippen LogP contribution in [0.15, 0.2) is 48.6 Å². The van der Waals surface area contributed by atoms with Crippen LogP contribution in [0, 0.1) is 0 Å². The van der Waals surface area contributed by atoms with E-state index in [2.05, 4.69) is 69.4 Å². The Labute approximate surface area is 389 Å². The number of carbonyl (C=O) groups is 3. The molecule has 2 atom stereocenters. The fraction of sp³-hybridized carbons (Fsp3) is 0.807. The Balaban J connectivity index is 4.84. The van der Waals surface area contributed by atoms with E-state index in [4.69, 9.17) is 0 Å². The minimum Gasteiger partial charge on any atom is -0.386 e. The van der Waals surface area contributed by atoms with Gasteiger partial charge in [-0.3, -0.25) is 14.4 Å². The summed E-state index contributed by atoms with van der Waals surface area (Å²) in [6.45, 7) is 6.70. The summed E-state index contributed by atoms with van der Waals surface area (Å²) in [5.74, 6) is -2.19. The Kier molecular flexibility index (Phi) is 44.8. The van der Waals surface area contributed by atoms with Gasteiger partial charge < -0.3 is 15.3 Å². The SMILES string of the molecule is CCCCC/C=C\C/C=C\CCCCCCCC(=O)C(O)(C(=O)CCCCCCC/C=C\C/C=C\CCCCC)C(O)C(O)C(=O)CCCCCCCCCCCCCCCCC. The van der Waals surface area contributed by atoms with E-state index in [9.17, 15) is 29.7 Å². The van der Waals surface area contributed by atoms with E-state index in [1.54, 1.807) is 0 Å². The average Bonchev–Trinajstić information content (AvgIpc) is 3.29. The minimum atomic E-state index is -2.78. The number of aliphatic hydroxyl groups is 3. The van der Waals surface area contributed by atoms with Crippen molar-refractivity contribution in [3.05, 3.63) is 48.6 Å². The molecule has 0 saturated heterocycles. The van der Waals surface area contributed by atoms with Crippen molar-refractivity contribution in [3.8, 4) is 0 Å². The molecule has 0 aliphatic carbocycles. The van der Waals surface area contributed by atoms with Crippen LogP contribution in [0.3, 0.4) is 0 Å². The molecular weight excluding hydrogens is 781 g/mol. The molecule has 6 nitrogen and oxygen atoms in total. The zero-order valence-corrected chi connectivity index (χ0v) is 41.6. The number of ketones is 3. The summed E-state index contributed by atoms with van der Waals surface area (Å²) in [6, 6.07) is 0. The number of hydrogen-bond acceptors (Lipinski definition) is 6. The second kappa shape index (κ2) is 46.4. The molecule has 366 valence electrons. The molecule has 2 unspecified atom stereocenters. The van der Waals surface area contributed by atoms with Gasteiger partial charge in [0.1, 0.15) is 12.2 Å². The number of allylic oxidation sites excluding steroid dienone is 8. The largest absolute Gasteiger partial charge is 0.386 e. The molecule has 0 aliphatic rings. The van der Waals surface area contributed by atoms with Gasteiger partial charge in [-0.15, -0.1) is 0 Å². The summed E-state index contributed by atoms with van der Waals surface area (Å²) in [4.78, 5) is 40.3. The van der Waals surface area contributed by atoms with Crippen LogP contribution in [0.2, 0.25) is 0 Å². The van der Waals surface area contributed by atoms with Crippen LogP contribution >= 0.6 is 0 Å². The summed E-state index contributed by atoms with van der Waals surface area (Å²) < 4.78 is 0. The van der Waals surface area contributed by atoms with Crippen molar-refractivity contribution in [1.29, 1.82) is 0 Å². The van der Waals surface area contributed by atoms with Crippen molar-refractivity contribution < 1.29 is 29.7 Å². The number of unbranched alkanes of at least 4 members (excludes halogenated alkanes) is 30. The van der Waals surface area contributed by atoms with Crippen LogP contribution in [0.25, 0.3) is 0 Å². The van der Waals surface area contributed by atoms with Gasteiger partial charge in [0.25, 0.3) is 0 Å². The average molecular weight is 883 g/mol. The predicted molar refractivity (Wildman–Crippen MR) is 270 cm³/mol. The van der Waals surface area contributed by atoms with Gasteiger partial charge in [0.05, 0.1) is 0 Å². The van der Waals surface area contributed by atoms with Gasteiger partial charge in [-0.25, -0.2) is 0 Å². The van der Waals surface area contributed by atoms with Gasteiger partial charge in [-0.1, -0.05) is 223 Å². The van der Waals surface area contributed by atoms with Crippen LogP contribution in [-0.2, 0) is 14.4 Å². The molecule has 6 heteroatoms. The van der Waals surface area contributed by atoms with E-state index in [-0.39, 0.29) is 19.3 Å². The first-order valence-electron chi connectivity index (χ1n) is 27.0. The van der Waals surface area contributed by atoms with Crippen LogP contribution in [-0.4, -0.2) is 50.5 Å². The first kappa shape index (κ1) is 60.9. The topological polar surface area (TPSA) is 112 Å². The van der Waals surface area contributed by atoms with Crippen LogP contribution in [0.1, 0.15) is 278 Å². The second-order valence-electron chi connectivity index (χ2n) is 18.6. The third kappa shape index (κ3) is 35.8. The second-order valence-corrected chi connectivity index (χ2v) is 18.6. The highest BCUT2D eigenvalue weighted by molar-refractivity contribution is 6.11. The first-order chi connectivity index (χ1) is 30.8. The third-order valence-corrected chi connectivity index (χ3v) is 12.6. The van der Waals surface area contributed by atoms with Crippen molar-refractivity contribution in [1.82, 2.24) is 0 Å². The molecule has 0 aromatic heterocycles. The molecule has 3 N–H and O–H groups in total. The molecule has 0 spiro atoms. The summed E-state index contributed by atoms with van der Waals surface area (Å²) in [5.41, 5.74) is -2.78. The fourth-order valence-electron chi connectivity index (χ4n) is 8.28. The van der Waals surface area contributed by atoms with Crippen LogP contribution < -0.4 is 0 Å². The van der Waals surface area contributed by atoms with Gasteiger partial charge in [0.15, 0.2) is 17.3 Å². The molecule has 63 heavy (non-hydrogen) atoms. The zero-order valence-electron chi connectivity index (χ0n) is 41.6. The van der Waals surface area contributed by atoms with Gasteiger partial charge in [-0.2, -0.15) is 0 Å². The Morgan fingerprint density at radius 1 is 0.365 bits per heavy atom. The highest BCUT2D eigenvalue weighted by Gasteiger charge is 2.52. The quantitative estimate of drug-likeness (QED) is 0.0319. The lowest BCUT2D eigenvalue weighted by Crippen LogP contribution is -2.61. The monoisotopic (exact) mass is 883 g/mol. The number of aliphatic hydroxyl groups excluding tert-OH is 2. The van der Waals surface area contributed by atoms with Crippen LogP contribution in [0.5, 0.6) is 0 Å². The lowest BCUT2D eigenvalue weighted by atomic mass is 9.79. The van der Waals surface area contributed by atoms with E-state index >= 15 is 0 Å². The van der Waals surface area contributed by atoms with Crippen molar-refractivity contribution in [2.45, 2.75) is 295 Å². The smallest absolute Gasteiger partial charge is 0.210 e. The summed E-state index contributed by atoms with van der Waals surface area (Å²) >= 11 is 0. The Morgan fingerprint density at radius 2 is 0.619 bits per heavy atom. The Morgan fingerprint density at radius 3 is 0.952 bits per heavy atom. The van der Waals surface area contributed by atoms with E-state index < -0.39 is 35.2 Å². The van der Waals surface area contributed by atoms with E-state index in [0.29, 0.717) is 19.3 Å². The number of carbonyl (C=O) groups excluding carboxylic acids is 3. The summed E-state index contributed by atoms with van der Waals surface area (Å²) in [5, 5.41) is 33.9. The summed E-state index contributed by atoms with van der Waals surface area (Å²) in [7, 11) is 0. The molecule has 0 radical (unpaired) electrons. The lowest BCUT2D eigenvalue weighted by Gasteiger charge is -2.32. The van der Waals surface area contributed by atoms with E-state index in [1.807, 2.05) is 0 Å². The van der Waals surface area contributed by atoms with E-state index in [0.717, 1.165) is 109 Å². The highest BCUT2D eigenvalue weighted by Crippen LogP contribution is 2.25. The molecule has 0 amide bonds. The maximum atomic E-state index is 13.6. The molecule has 0 aromatic carbocycles. The molecule has 0 bridgehead atoms. The number of Topliss-reactive ketones (excluding diaryl/α,β-unsaturated/α-hetero) is 3. The van der Waals surface area contributed by atoms with Gasteiger partial charge in [-0.05, 0) is 83.5 Å². The Hall–Kier alpha value is -2.15. The standard InChI is InChI=1S/C57H102O6/c1-4-7-10-13-16-19-22-25-28-31-34-37-40-43-46-49-52(58)55(61)56(62)57(63,53(59)50-47-44-41-38-35-32-29-26-23-20-17-14-11-8-5-2)54(60)51-48-45-42-39-36-33-30-27-24-21-18-15-12-9-6-3/h17-18,20-21,26-27,29-30,55-56,61-63H,4-16,19,22-25,28,31-51H2,1-3H3/b20-17-,21-18-,29-26-,30-27-. The lowest BCUT2D eigenvalue weighted by molar-refractivity contribution is -0.174. The zero-order chi connectivity index (χ0) is 46.3. The number of rotatable bonds is 49. The fourth-order valence-corrected chi connectivity index (χ4v) is 8.28. The third-order valence-electron chi connectivity index (χ3n) is 12.6. The van der Waals surface area contributed by atoms with E-state index in [1.165, 1.54) is 109 Å². The van der Waals surface area contributed by atoms with Gasteiger partial charge in [0.2, 0.25) is 5.60 Å². The number of hydrogen-bond donors (Lipinski definition) is 3. The van der Waals surface area contributed by atoms with Crippen molar-refractivity contribution in [2.24, 2.45) is 0 Å². The minimum absolute atomic E-state index is 0.0464. The summed E-state index contributed by atoms with van der Waals surface area (Å²) in [6.07, 6.45) is 54.0. The molecule has 0 heterocycles. The molecule has 0 fully saturated rings. The molecular formula is C57H102O6. The first-order valence-corrected chi connectivity index (χ1v) is 27.0. The van der Waals surface area contributed by atoms with Crippen molar-refractivity contribution in [3.63, 3.8) is 0 Å². The maximum absolute atomic E-state index is 13.6. The van der Waals surface area contributed by atoms with Crippen LogP contribution in [0.4, 0.5) is 0 Å². The molecule has 0 saturated carbocycles.